The van der Waals surface area contributed by atoms with Gasteiger partial charge in [-0.15, -0.1) is 0 Å². The van der Waals surface area contributed by atoms with Crippen LogP contribution in [0.25, 0.3) is 0 Å². The third-order valence-corrected chi connectivity index (χ3v) is 1.61. The van der Waals surface area contributed by atoms with Crippen LogP contribution in [0.5, 0.6) is 0 Å². The molecule has 0 heterocycles. The first-order chi connectivity index (χ1) is 5.91. The van der Waals surface area contributed by atoms with E-state index < -0.39 is 0 Å². The van der Waals surface area contributed by atoms with Crippen LogP contribution in [0.3, 0.4) is 0 Å². The molecule has 0 aromatic rings. The van der Waals surface area contributed by atoms with E-state index in [2.05, 4.69) is 24.8 Å². The minimum absolute atomic E-state index is 0.0415. The van der Waals surface area contributed by atoms with Crippen molar-refractivity contribution < 1.29 is 5.11 Å². The van der Waals surface area contributed by atoms with Crippen LogP contribution in [0.1, 0.15) is 39.0 Å². The molecular weight excluding hydrogens is 148 g/mol. The Hall–Kier alpha value is -0.740. The topological polar surface area (TPSA) is 20.2 Å². The summed E-state index contributed by atoms with van der Waals surface area (Å²) in [6, 6.07) is 0. The van der Waals surface area contributed by atoms with Gasteiger partial charge in [0.05, 0.1) is 0 Å². The third-order valence-electron chi connectivity index (χ3n) is 1.61. The lowest BCUT2D eigenvalue weighted by atomic mass is 10.1. The molecule has 0 amide bonds. The molecule has 0 rings (SSSR count). The van der Waals surface area contributed by atoms with Crippen molar-refractivity contribution in [2.24, 2.45) is 0 Å². The van der Waals surface area contributed by atoms with Crippen LogP contribution in [0.15, 0.2) is 12.2 Å². The minimum atomic E-state index is -0.0415. The molecule has 0 aliphatic carbocycles. The zero-order chi connectivity index (χ0) is 9.07. The van der Waals surface area contributed by atoms with E-state index in [1.165, 1.54) is 25.7 Å². The van der Waals surface area contributed by atoms with E-state index >= 15 is 0 Å². The summed E-state index contributed by atoms with van der Waals surface area (Å²) in [7, 11) is 0. The van der Waals surface area contributed by atoms with E-state index in [9.17, 15) is 0 Å². The average Bonchev–Trinajstić information content (AvgIpc) is 2.10. The van der Waals surface area contributed by atoms with Crippen LogP contribution in [0.2, 0.25) is 0 Å². The summed E-state index contributed by atoms with van der Waals surface area (Å²) in [6.07, 6.45) is 10.2. The van der Waals surface area contributed by atoms with Crippen LogP contribution in [-0.4, -0.2) is 11.7 Å². The Morgan fingerprint density at radius 3 is 2.75 bits per heavy atom. The summed E-state index contributed by atoms with van der Waals surface area (Å²) in [5, 5.41) is 8.33. The molecule has 12 heavy (non-hydrogen) atoms. The van der Waals surface area contributed by atoms with E-state index in [1.807, 2.05) is 6.08 Å². The molecule has 1 N–H and O–H groups in total. The molecule has 0 atom stereocenters. The zero-order valence-electron chi connectivity index (χ0n) is 7.84. The molecule has 0 saturated heterocycles. The van der Waals surface area contributed by atoms with Gasteiger partial charge in [-0.1, -0.05) is 44.1 Å². The van der Waals surface area contributed by atoms with Gasteiger partial charge in [-0.2, -0.15) is 0 Å². The SMILES string of the molecule is CCCCCC/C=C/C#CCO. The standard InChI is InChI=1S/C11H18O/c1-2-3-4-5-6-7-8-9-10-11-12/h7-8,12H,2-6,11H2,1H3/b8-7+. The van der Waals surface area contributed by atoms with Gasteiger partial charge < -0.3 is 5.11 Å². The lowest BCUT2D eigenvalue weighted by Crippen LogP contribution is -1.73. The second kappa shape index (κ2) is 10.3. The van der Waals surface area contributed by atoms with Gasteiger partial charge in [0.2, 0.25) is 0 Å². The van der Waals surface area contributed by atoms with Crippen LogP contribution >= 0.6 is 0 Å². The van der Waals surface area contributed by atoms with E-state index in [-0.39, 0.29) is 6.61 Å². The summed E-state index contributed by atoms with van der Waals surface area (Å²) in [5.74, 6) is 5.31. The van der Waals surface area contributed by atoms with E-state index in [4.69, 9.17) is 5.11 Å². The van der Waals surface area contributed by atoms with Gasteiger partial charge in [0.25, 0.3) is 0 Å². The lowest BCUT2D eigenvalue weighted by Gasteiger charge is -1.92. The second-order valence-electron chi connectivity index (χ2n) is 2.73. The van der Waals surface area contributed by atoms with Crippen molar-refractivity contribution in [3.63, 3.8) is 0 Å². The molecule has 0 spiro atoms. The van der Waals surface area contributed by atoms with Crippen molar-refractivity contribution in [1.29, 1.82) is 0 Å². The fourth-order valence-electron chi connectivity index (χ4n) is 0.936. The number of hydrogen-bond acceptors (Lipinski definition) is 1. The highest BCUT2D eigenvalue weighted by Gasteiger charge is 1.82. The molecule has 0 aromatic heterocycles. The van der Waals surface area contributed by atoms with Gasteiger partial charge >= 0.3 is 0 Å². The van der Waals surface area contributed by atoms with Gasteiger partial charge in [0.15, 0.2) is 0 Å². The number of aliphatic hydroxyl groups is 1. The fourth-order valence-corrected chi connectivity index (χ4v) is 0.936. The molecular formula is C11H18O. The molecule has 0 aliphatic rings. The van der Waals surface area contributed by atoms with Crippen molar-refractivity contribution in [2.45, 2.75) is 39.0 Å². The second-order valence-corrected chi connectivity index (χ2v) is 2.73. The van der Waals surface area contributed by atoms with Crippen molar-refractivity contribution >= 4 is 0 Å². The van der Waals surface area contributed by atoms with Gasteiger partial charge in [0, 0.05) is 0 Å². The largest absolute Gasteiger partial charge is 0.384 e. The first-order valence-corrected chi connectivity index (χ1v) is 4.66. The Labute approximate surface area is 75.5 Å². The fraction of sp³-hybridized carbons (Fsp3) is 0.636. The van der Waals surface area contributed by atoms with Crippen molar-refractivity contribution in [1.82, 2.24) is 0 Å². The molecule has 1 nitrogen and oxygen atoms in total. The number of aliphatic hydroxyl groups excluding tert-OH is 1. The van der Waals surface area contributed by atoms with Gasteiger partial charge in [-0.25, -0.2) is 0 Å². The average molecular weight is 166 g/mol. The maximum Gasteiger partial charge on any atom is 0.104 e. The Morgan fingerprint density at radius 2 is 2.08 bits per heavy atom. The summed E-state index contributed by atoms with van der Waals surface area (Å²) in [6.45, 7) is 2.17. The number of allylic oxidation sites excluding steroid dienone is 2. The highest BCUT2D eigenvalue weighted by atomic mass is 16.2. The number of hydrogen-bond donors (Lipinski definition) is 1. The van der Waals surface area contributed by atoms with Crippen LogP contribution in [0, 0.1) is 11.8 Å². The van der Waals surface area contributed by atoms with Crippen LogP contribution in [0.4, 0.5) is 0 Å². The Balaban J connectivity index is 3.13. The molecule has 1 heteroatoms. The quantitative estimate of drug-likeness (QED) is 0.491. The van der Waals surface area contributed by atoms with E-state index in [1.54, 1.807) is 0 Å². The highest BCUT2D eigenvalue weighted by molar-refractivity contribution is 5.14. The van der Waals surface area contributed by atoms with Crippen molar-refractivity contribution in [3.05, 3.63) is 12.2 Å². The summed E-state index contributed by atoms with van der Waals surface area (Å²) < 4.78 is 0. The summed E-state index contributed by atoms with van der Waals surface area (Å²) >= 11 is 0. The van der Waals surface area contributed by atoms with Crippen LogP contribution < -0.4 is 0 Å². The monoisotopic (exact) mass is 166 g/mol. The van der Waals surface area contributed by atoms with Gasteiger partial charge in [-0.05, 0) is 18.9 Å². The summed E-state index contributed by atoms with van der Waals surface area (Å²) in [5.41, 5.74) is 0. The van der Waals surface area contributed by atoms with E-state index in [0.29, 0.717) is 0 Å². The molecule has 0 radical (unpaired) electrons. The smallest absolute Gasteiger partial charge is 0.104 e. The third kappa shape index (κ3) is 9.26. The first kappa shape index (κ1) is 11.3. The van der Waals surface area contributed by atoms with E-state index in [0.717, 1.165) is 6.42 Å². The minimum Gasteiger partial charge on any atom is -0.384 e. The zero-order valence-corrected chi connectivity index (χ0v) is 7.84. The predicted octanol–water partition coefficient (Wildman–Crippen LogP) is 2.51. The number of rotatable bonds is 5. The predicted molar refractivity (Wildman–Crippen MR) is 52.8 cm³/mol. The summed E-state index contributed by atoms with van der Waals surface area (Å²) in [4.78, 5) is 0. The molecule has 0 unspecified atom stereocenters. The Morgan fingerprint density at radius 1 is 1.25 bits per heavy atom. The number of unbranched alkanes of at least 4 members (excludes halogenated alkanes) is 4. The molecule has 0 aliphatic heterocycles. The maximum atomic E-state index is 8.33. The van der Waals surface area contributed by atoms with Crippen molar-refractivity contribution in [3.8, 4) is 11.8 Å². The van der Waals surface area contributed by atoms with Crippen molar-refractivity contribution in [2.75, 3.05) is 6.61 Å². The van der Waals surface area contributed by atoms with Gasteiger partial charge in [0.1, 0.15) is 6.61 Å². The molecule has 0 fully saturated rings. The van der Waals surface area contributed by atoms with Crippen LogP contribution in [-0.2, 0) is 0 Å². The molecule has 0 bridgehead atoms. The first-order valence-electron chi connectivity index (χ1n) is 4.66. The lowest BCUT2D eigenvalue weighted by molar-refractivity contribution is 0.350. The maximum absolute atomic E-state index is 8.33. The molecule has 68 valence electrons. The molecule has 0 saturated carbocycles. The molecule has 0 aromatic carbocycles. The Kier molecular flexibility index (Phi) is 9.63. The van der Waals surface area contributed by atoms with Gasteiger partial charge in [-0.3, -0.25) is 0 Å². The highest BCUT2D eigenvalue weighted by Crippen LogP contribution is 2.02. The normalized spacial score (nSPS) is 9.83. The Bertz CT molecular complexity index is 160.